The molecule has 1 heterocycles. The smallest absolute Gasteiger partial charge is 0.140 e. The third-order valence-corrected chi connectivity index (χ3v) is 2.70. The molecule has 3 nitrogen and oxygen atoms in total. The Kier molecular flexibility index (Phi) is 1.44. The van der Waals surface area contributed by atoms with Crippen molar-refractivity contribution in [2.24, 2.45) is 0 Å². The number of thiazole rings is 1. The number of aryl methyl sites for hydroxylation is 1. The van der Waals surface area contributed by atoms with Crippen molar-refractivity contribution in [3.63, 3.8) is 0 Å². The Labute approximate surface area is 73.5 Å². The minimum Gasteiger partial charge on any atom is -0.506 e. The molecule has 1 aromatic carbocycles. The minimum absolute atomic E-state index is 0.131. The zero-order valence-electron chi connectivity index (χ0n) is 6.53. The first-order valence-corrected chi connectivity index (χ1v) is 4.34. The van der Waals surface area contributed by atoms with Gasteiger partial charge in [-0.25, -0.2) is 4.98 Å². The standard InChI is InChI=1S/C8H8N2OS/c1-4-10-5-2-3-6(11)7(9)8(5)12-4/h2-3,11H,9H2,1H3. The van der Waals surface area contributed by atoms with Crippen molar-refractivity contribution in [3.05, 3.63) is 17.1 Å². The Morgan fingerprint density at radius 1 is 1.50 bits per heavy atom. The molecule has 0 bridgehead atoms. The molecule has 2 aromatic rings. The van der Waals surface area contributed by atoms with E-state index >= 15 is 0 Å². The molecule has 0 aliphatic carbocycles. The van der Waals surface area contributed by atoms with Gasteiger partial charge in [0.25, 0.3) is 0 Å². The first-order valence-electron chi connectivity index (χ1n) is 3.53. The van der Waals surface area contributed by atoms with E-state index in [1.807, 2.05) is 6.92 Å². The fourth-order valence-corrected chi connectivity index (χ4v) is 1.99. The summed E-state index contributed by atoms with van der Waals surface area (Å²) in [7, 11) is 0. The Hall–Kier alpha value is -1.29. The number of nitrogens with two attached hydrogens (primary N) is 1. The molecule has 1 aromatic heterocycles. The normalized spacial score (nSPS) is 10.8. The predicted octanol–water partition coefficient (Wildman–Crippen LogP) is 1.89. The van der Waals surface area contributed by atoms with Gasteiger partial charge in [0.1, 0.15) is 5.75 Å². The summed E-state index contributed by atoms with van der Waals surface area (Å²) in [5.74, 6) is 0.131. The molecule has 0 saturated carbocycles. The lowest BCUT2D eigenvalue weighted by Gasteiger charge is -1.96. The largest absolute Gasteiger partial charge is 0.506 e. The van der Waals surface area contributed by atoms with Gasteiger partial charge in [0.05, 0.1) is 20.9 Å². The van der Waals surface area contributed by atoms with Crippen LogP contribution in [-0.4, -0.2) is 10.1 Å². The molecule has 3 N–H and O–H groups in total. The van der Waals surface area contributed by atoms with E-state index in [1.54, 1.807) is 12.1 Å². The summed E-state index contributed by atoms with van der Waals surface area (Å²) in [6.07, 6.45) is 0. The summed E-state index contributed by atoms with van der Waals surface area (Å²) in [4.78, 5) is 4.24. The second kappa shape index (κ2) is 2.35. The van der Waals surface area contributed by atoms with Crippen molar-refractivity contribution >= 4 is 27.2 Å². The SMILES string of the molecule is Cc1nc2ccc(O)c(N)c2s1. The number of phenols is 1. The van der Waals surface area contributed by atoms with Crippen LogP contribution in [0.25, 0.3) is 10.2 Å². The highest BCUT2D eigenvalue weighted by Gasteiger charge is 2.06. The van der Waals surface area contributed by atoms with Crippen LogP contribution in [0.4, 0.5) is 5.69 Å². The van der Waals surface area contributed by atoms with E-state index in [1.165, 1.54) is 11.3 Å². The molecule has 0 aliphatic heterocycles. The lowest BCUT2D eigenvalue weighted by molar-refractivity contribution is 0.479. The van der Waals surface area contributed by atoms with Crippen LogP contribution < -0.4 is 5.73 Å². The molecule has 0 radical (unpaired) electrons. The van der Waals surface area contributed by atoms with Gasteiger partial charge in [-0.05, 0) is 19.1 Å². The quantitative estimate of drug-likeness (QED) is 0.481. The van der Waals surface area contributed by atoms with E-state index in [4.69, 9.17) is 5.73 Å². The molecule has 0 atom stereocenters. The van der Waals surface area contributed by atoms with Gasteiger partial charge in [0.15, 0.2) is 0 Å². The van der Waals surface area contributed by atoms with Gasteiger partial charge in [0.2, 0.25) is 0 Å². The first-order chi connectivity index (χ1) is 5.68. The number of aromatic nitrogens is 1. The first kappa shape index (κ1) is 7.36. The van der Waals surface area contributed by atoms with Crippen LogP contribution in [0.1, 0.15) is 5.01 Å². The average Bonchev–Trinajstić information content (AvgIpc) is 2.39. The van der Waals surface area contributed by atoms with Crippen LogP contribution in [0.15, 0.2) is 12.1 Å². The maximum absolute atomic E-state index is 9.28. The molecule has 0 fully saturated rings. The molecule has 0 saturated heterocycles. The number of rotatable bonds is 0. The van der Waals surface area contributed by atoms with Crippen molar-refractivity contribution in [2.45, 2.75) is 6.92 Å². The number of nitrogen functional groups attached to an aromatic ring is 1. The summed E-state index contributed by atoms with van der Waals surface area (Å²) < 4.78 is 0.868. The maximum atomic E-state index is 9.28. The van der Waals surface area contributed by atoms with Crippen molar-refractivity contribution in [1.29, 1.82) is 0 Å². The molecule has 4 heteroatoms. The van der Waals surface area contributed by atoms with E-state index in [9.17, 15) is 5.11 Å². The number of nitrogens with zero attached hydrogens (tertiary/aromatic N) is 1. The van der Waals surface area contributed by atoms with Crippen molar-refractivity contribution < 1.29 is 5.11 Å². The van der Waals surface area contributed by atoms with E-state index in [0.717, 1.165) is 15.2 Å². The summed E-state index contributed by atoms with van der Waals surface area (Å²) in [5, 5.41) is 10.2. The number of anilines is 1. The molecular weight excluding hydrogens is 172 g/mol. The second-order valence-electron chi connectivity index (χ2n) is 2.58. The van der Waals surface area contributed by atoms with E-state index in [2.05, 4.69) is 4.98 Å². The number of hydrogen-bond acceptors (Lipinski definition) is 4. The highest BCUT2D eigenvalue weighted by molar-refractivity contribution is 7.19. The molecule has 62 valence electrons. The van der Waals surface area contributed by atoms with Gasteiger partial charge in [-0.15, -0.1) is 11.3 Å². The third kappa shape index (κ3) is 0.921. The Bertz CT molecular complexity index is 436. The van der Waals surface area contributed by atoms with Crippen LogP contribution in [0.3, 0.4) is 0 Å². The monoisotopic (exact) mass is 180 g/mol. The zero-order valence-corrected chi connectivity index (χ0v) is 7.35. The van der Waals surface area contributed by atoms with Crippen molar-refractivity contribution in [1.82, 2.24) is 4.98 Å². The van der Waals surface area contributed by atoms with Gasteiger partial charge in [0, 0.05) is 0 Å². The molecule has 12 heavy (non-hydrogen) atoms. The second-order valence-corrected chi connectivity index (χ2v) is 3.78. The number of hydrogen-bond donors (Lipinski definition) is 2. The fraction of sp³-hybridized carbons (Fsp3) is 0.125. The zero-order chi connectivity index (χ0) is 8.72. The highest BCUT2D eigenvalue weighted by atomic mass is 32.1. The van der Waals surface area contributed by atoms with Crippen LogP contribution in [0, 0.1) is 6.92 Å². The van der Waals surface area contributed by atoms with Crippen LogP contribution in [0.2, 0.25) is 0 Å². The van der Waals surface area contributed by atoms with Gasteiger partial charge in [-0.2, -0.15) is 0 Å². The summed E-state index contributed by atoms with van der Waals surface area (Å²) >= 11 is 1.50. The number of fused-ring (bicyclic) bond motifs is 1. The summed E-state index contributed by atoms with van der Waals surface area (Å²) in [5.41, 5.74) is 6.94. The predicted molar refractivity (Wildman–Crippen MR) is 50.4 cm³/mol. The van der Waals surface area contributed by atoms with Crippen LogP contribution >= 0.6 is 11.3 Å². The topological polar surface area (TPSA) is 59.1 Å². The maximum Gasteiger partial charge on any atom is 0.140 e. The van der Waals surface area contributed by atoms with Crippen molar-refractivity contribution in [2.75, 3.05) is 5.73 Å². The van der Waals surface area contributed by atoms with Gasteiger partial charge >= 0.3 is 0 Å². The number of benzene rings is 1. The van der Waals surface area contributed by atoms with Crippen molar-refractivity contribution in [3.8, 4) is 5.75 Å². The lowest BCUT2D eigenvalue weighted by Crippen LogP contribution is -1.84. The Balaban J connectivity index is 2.89. The van der Waals surface area contributed by atoms with Gasteiger partial charge < -0.3 is 10.8 Å². The Morgan fingerprint density at radius 3 is 3.00 bits per heavy atom. The third-order valence-electron chi connectivity index (χ3n) is 1.68. The number of aromatic hydroxyl groups is 1. The molecule has 0 aliphatic rings. The molecule has 2 rings (SSSR count). The molecule has 0 spiro atoms. The Morgan fingerprint density at radius 2 is 2.25 bits per heavy atom. The van der Waals surface area contributed by atoms with Gasteiger partial charge in [-0.1, -0.05) is 0 Å². The number of phenolic OH excluding ortho intramolecular Hbond substituents is 1. The fourth-order valence-electron chi connectivity index (χ4n) is 1.11. The van der Waals surface area contributed by atoms with E-state index in [0.29, 0.717) is 5.69 Å². The minimum atomic E-state index is 0.131. The molecular formula is C8H8N2OS. The summed E-state index contributed by atoms with van der Waals surface area (Å²) in [6, 6.07) is 3.33. The molecule has 0 unspecified atom stereocenters. The van der Waals surface area contributed by atoms with Crippen LogP contribution in [-0.2, 0) is 0 Å². The van der Waals surface area contributed by atoms with E-state index in [-0.39, 0.29) is 5.75 Å². The highest BCUT2D eigenvalue weighted by Crippen LogP contribution is 2.33. The van der Waals surface area contributed by atoms with Crippen LogP contribution in [0.5, 0.6) is 5.75 Å². The van der Waals surface area contributed by atoms with E-state index < -0.39 is 0 Å². The summed E-state index contributed by atoms with van der Waals surface area (Å²) in [6.45, 7) is 1.92. The van der Waals surface area contributed by atoms with Gasteiger partial charge in [-0.3, -0.25) is 0 Å². The lowest BCUT2D eigenvalue weighted by atomic mass is 10.3. The molecule has 0 amide bonds. The average molecular weight is 180 g/mol.